The summed E-state index contributed by atoms with van der Waals surface area (Å²) < 4.78 is 69.5. The molecular weight excluding hydrogens is 801 g/mol. The van der Waals surface area contributed by atoms with Crippen molar-refractivity contribution in [1.29, 1.82) is 0 Å². The Morgan fingerprint density at radius 1 is 0.351 bits per heavy atom. The third kappa shape index (κ3) is 6.31. The molecule has 4 heterocycles. The van der Waals surface area contributed by atoms with Gasteiger partial charge < -0.3 is 29.0 Å². The number of aromatic amines is 4. The van der Waals surface area contributed by atoms with Gasteiger partial charge in [-0.2, -0.15) is 0 Å². The molecule has 0 bridgehead atoms. The van der Waals surface area contributed by atoms with E-state index in [0.29, 0.717) is 54.6 Å². The minimum atomic E-state index is -4.83. The fourth-order valence-electron chi connectivity index (χ4n) is 7.24. The van der Waals surface area contributed by atoms with Crippen LogP contribution in [0.5, 0.6) is 0 Å². The van der Waals surface area contributed by atoms with Gasteiger partial charge in [-0.15, -0.1) is 0 Å². The molecule has 0 aliphatic carbocycles. The normalized spacial score (nSPS) is 12.1. The maximum atomic E-state index is 13.0. The van der Waals surface area contributed by atoms with E-state index in [-0.39, 0.29) is 81.2 Å². The Kier molecular flexibility index (Phi) is 9.20. The van der Waals surface area contributed by atoms with Crippen LogP contribution in [0.3, 0.4) is 0 Å². The second-order valence-corrected chi connectivity index (χ2v) is 15.8. The molecule has 0 unspecified atom stereocenters. The summed E-state index contributed by atoms with van der Waals surface area (Å²) in [6, 6.07) is 28.2. The second-order valence-electron chi connectivity index (χ2n) is 13.1. The molecule has 0 saturated heterocycles. The Labute approximate surface area is 348 Å². The smallest absolute Gasteiger partial charge is 0.744 e. The zero-order valence-corrected chi connectivity index (χ0v) is 32.8. The Balaban J connectivity index is 0.000000157. The number of pyridine rings is 4. The number of hydrogen-bond acceptors (Lipinski definition) is 10. The van der Waals surface area contributed by atoms with Crippen molar-refractivity contribution in [2.75, 3.05) is 0 Å². The standard InChI is InChI=1S/2C20H12N2O5S.Ca/c2*23-19-10-4-1-2-5-13(10)21-15-9-12-16(8-11(15)19)22-14-6-3-7-17(28(25,26)27)18(14)20(12)24;/h2*1-9H,(H,21,23)(H,22,24)(H,25,26,27);/q;;+2/p-2. The fraction of sp³-hybridized carbons (Fsp3) is 0. The zero-order chi connectivity index (χ0) is 39.3. The Bertz CT molecular complexity index is 3620. The number of hydrogen-bond donors (Lipinski definition) is 4. The third-order valence-electron chi connectivity index (χ3n) is 9.76. The largest absolute Gasteiger partial charge is 2.00 e. The van der Waals surface area contributed by atoms with Crippen LogP contribution in [0.2, 0.25) is 0 Å². The van der Waals surface area contributed by atoms with Crippen molar-refractivity contribution < 1.29 is 25.9 Å². The molecule has 0 radical (unpaired) electrons. The third-order valence-corrected chi connectivity index (χ3v) is 11.5. The minimum absolute atomic E-state index is 0. The van der Waals surface area contributed by atoms with Gasteiger partial charge in [-0.1, -0.05) is 36.4 Å². The number of nitrogens with one attached hydrogen (secondary N) is 4. The first-order chi connectivity index (χ1) is 26.7. The number of rotatable bonds is 2. The predicted octanol–water partition coefficient (Wildman–Crippen LogP) is 4.78. The Hall–Kier alpha value is -5.72. The first-order valence-corrected chi connectivity index (χ1v) is 19.5. The maximum Gasteiger partial charge on any atom is 2.00 e. The molecule has 0 atom stereocenters. The van der Waals surface area contributed by atoms with Crippen LogP contribution in [-0.4, -0.2) is 83.6 Å². The van der Waals surface area contributed by atoms with Crippen LogP contribution in [0.15, 0.2) is 138 Å². The van der Waals surface area contributed by atoms with Crippen LogP contribution >= 0.6 is 0 Å². The van der Waals surface area contributed by atoms with Crippen LogP contribution in [-0.2, 0) is 20.2 Å². The summed E-state index contributed by atoms with van der Waals surface area (Å²) in [6.07, 6.45) is 0. The van der Waals surface area contributed by atoms with E-state index in [1.165, 1.54) is 36.4 Å². The summed E-state index contributed by atoms with van der Waals surface area (Å²) in [4.78, 5) is 62.8. The van der Waals surface area contributed by atoms with Gasteiger partial charge in [0.2, 0.25) is 0 Å². The maximum absolute atomic E-state index is 13.0. The molecule has 10 rings (SSSR count). The molecule has 0 aliphatic rings. The SMILES string of the molecule is O=c1c2ccccc2[nH]c2cc3c(=O)c4c(S(=O)(=O)[O-])cccc4[nH]c3cc12.O=c1c2ccccc2[nH]c2cc3c(=O)c4c(S(=O)(=O)[O-])cccc4[nH]c3cc12.[Ca+2]. The van der Waals surface area contributed by atoms with E-state index >= 15 is 0 Å². The molecule has 14 nitrogen and oxygen atoms in total. The van der Waals surface area contributed by atoms with Crippen molar-refractivity contribution in [3.63, 3.8) is 0 Å². The number of H-pyrrole nitrogens is 4. The minimum Gasteiger partial charge on any atom is -0.744 e. The van der Waals surface area contributed by atoms with Crippen LogP contribution in [0.1, 0.15) is 0 Å². The van der Waals surface area contributed by atoms with E-state index in [2.05, 4.69) is 19.9 Å². The van der Waals surface area contributed by atoms with Gasteiger partial charge in [-0.25, -0.2) is 16.8 Å². The predicted molar refractivity (Wildman–Crippen MR) is 217 cm³/mol. The number of para-hydroxylation sites is 2. The summed E-state index contributed by atoms with van der Waals surface area (Å²) in [5.74, 6) is 0. The molecule has 0 amide bonds. The van der Waals surface area contributed by atoms with Crippen LogP contribution in [0, 0.1) is 0 Å². The molecule has 4 aromatic heterocycles. The zero-order valence-electron chi connectivity index (χ0n) is 29.0. The van der Waals surface area contributed by atoms with Crippen molar-refractivity contribution in [3.8, 4) is 0 Å². The van der Waals surface area contributed by atoms with Gasteiger partial charge in [0.15, 0.2) is 21.7 Å². The first-order valence-electron chi connectivity index (χ1n) is 16.7. The molecule has 276 valence electrons. The fourth-order valence-corrected chi connectivity index (χ4v) is 8.64. The summed E-state index contributed by atoms with van der Waals surface area (Å²) in [6.45, 7) is 0. The molecule has 57 heavy (non-hydrogen) atoms. The second kappa shape index (κ2) is 13.7. The molecule has 0 spiro atoms. The van der Waals surface area contributed by atoms with Gasteiger partial charge >= 0.3 is 37.7 Å². The van der Waals surface area contributed by atoms with Crippen LogP contribution in [0.25, 0.3) is 87.2 Å². The molecule has 0 aliphatic heterocycles. The van der Waals surface area contributed by atoms with Crippen molar-refractivity contribution in [3.05, 3.63) is 150 Å². The van der Waals surface area contributed by atoms with E-state index in [9.17, 15) is 45.1 Å². The van der Waals surface area contributed by atoms with E-state index in [0.717, 1.165) is 12.1 Å². The van der Waals surface area contributed by atoms with Crippen LogP contribution < -0.4 is 21.7 Å². The average molecular weight is 823 g/mol. The van der Waals surface area contributed by atoms with Gasteiger partial charge in [0.25, 0.3) is 0 Å². The Morgan fingerprint density at radius 2 is 0.649 bits per heavy atom. The molecule has 0 fully saturated rings. The van der Waals surface area contributed by atoms with Crippen molar-refractivity contribution in [1.82, 2.24) is 19.9 Å². The summed E-state index contributed by atoms with van der Waals surface area (Å²) >= 11 is 0. The van der Waals surface area contributed by atoms with Gasteiger partial charge in [0.1, 0.15) is 20.2 Å². The molecule has 10 aromatic rings. The van der Waals surface area contributed by atoms with E-state index in [1.807, 2.05) is 0 Å². The van der Waals surface area contributed by atoms with Crippen molar-refractivity contribution in [2.24, 2.45) is 0 Å². The van der Waals surface area contributed by atoms with E-state index in [1.54, 1.807) is 60.7 Å². The van der Waals surface area contributed by atoms with Gasteiger partial charge in [-0.05, 0) is 72.8 Å². The van der Waals surface area contributed by atoms with Crippen LogP contribution in [0.4, 0.5) is 0 Å². The molecule has 4 N–H and O–H groups in total. The molecule has 17 heteroatoms. The number of aromatic nitrogens is 4. The molecular formula is C40H22CaN4O10S2. The number of fused-ring (bicyclic) bond motifs is 8. The monoisotopic (exact) mass is 822 g/mol. The van der Waals surface area contributed by atoms with Gasteiger partial charge in [0, 0.05) is 43.4 Å². The summed E-state index contributed by atoms with van der Waals surface area (Å²) in [5, 5.41) is 1.83. The van der Waals surface area contributed by atoms with Gasteiger partial charge in [0.05, 0.1) is 53.7 Å². The quantitative estimate of drug-likeness (QED) is 0.106. The summed E-state index contributed by atoms with van der Waals surface area (Å²) in [7, 11) is -9.65. The average Bonchev–Trinajstić information content (AvgIpc) is 3.17. The topological polar surface area (TPSA) is 246 Å². The number of benzene rings is 6. The first kappa shape index (κ1) is 38.2. The van der Waals surface area contributed by atoms with Crippen molar-refractivity contribution in [2.45, 2.75) is 9.79 Å². The Morgan fingerprint density at radius 3 is 1.00 bits per heavy atom. The van der Waals surface area contributed by atoms with Gasteiger partial charge in [-0.3, -0.25) is 19.2 Å². The van der Waals surface area contributed by atoms with E-state index in [4.69, 9.17) is 0 Å². The molecule has 6 aromatic carbocycles. The van der Waals surface area contributed by atoms with E-state index < -0.39 is 40.9 Å². The molecule has 0 saturated carbocycles. The summed E-state index contributed by atoms with van der Waals surface area (Å²) in [5.41, 5.74) is 1.80. The van der Waals surface area contributed by atoms with Crippen molar-refractivity contribution >= 4 is 145 Å².